The maximum absolute atomic E-state index is 12.4. The fourth-order valence-corrected chi connectivity index (χ4v) is 2.77. The molecule has 2 amide bonds. The van der Waals surface area contributed by atoms with Gasteiger partial charge in [-0.25, -0.2) is 4.79 Å². The van der Waals surface area contributed by atoms with E-state index in [-0.39, 0.29) is 12.3 Å². The van der Waals surface area contributed by atoms with Crippen molar-refractivity contribution in [1.29, 1.82) is 0 Å². The molecule has 0 bridgehead atoms. The second kappa shape index (κ2) is 8.62. The summed E-state index contributed by atoms with van der Waals surface area (Å²) < 4.78 is 0. The molecule has 3 aromatic rings. The van der Waals surface area contributed by atoms with Gasteiger partial charge in [-0.05, 0) is 41.0 Å². The first-order valence-electron chi connectivity index (χ1n) is 8.46. The van der Waals surface area contributed by atoms with Gasteiger partial charge < -0.3 is 15.7 Å². The van der Waals surface area contributed by atoms with Gasteiger partial charge in [0, 0.05) is 18.1 Å². The molecule has 27 heavy (non-hydrogen) atoms. The highest BCUT2D eigenvalue weighted by Crippen LogP contribution is 2.22. The number of aromatic nitrogens is 1. The number of carboxylic acid groups (broad SMARTS) is 1. The van der Waals surface area contributed by atoms with Crippen molar-refractivity contribution in [2.45, 2.75) is 12.5 Å². The van der Waals surface area contributed by atoms with Crippen LogP contribution in [0.4, 0.5) is 10.5 Å². The quantitative estimate of drug-likeness (QED) is 0.617. The fourth-order valence-electron chi connectivity index (χ4n) is 2.77. The first-order valence-corrected chi connectivity index (χ1v) is 8.46. The fraction of sp³-hybridized carbons (Fsp3) is 0.0952. The van der Waals surface area contributed by atoms with E-state index in [0.29, 0.717) is 5.69 Å². The smallest absolute Gasteiger partial charge is 0.405 e. The second-order valence-electron chi connectivity index (χ2n) is 5.98. The van der Waals surface area contributed by atoms with E-state index in [4.69, 9.17) is 5.11 Å². The predicted molar refractivity (Wildman–Crippen MR) is 103 cm³/mol. The molecule has 0 fully saturated rings. The Bertz CT molecular complexity index is 897. The summed E-state index contributed by atoms with van der Waals surface area (Å²) >= 11 is 0. The van der Waals surface area contributed by atoms with E-state index in [0.717, 1.165) is 16.7 Å². The minimum absolute atomic E-state index is 0.00240. The summed E-state index contributed by atoms with van der Waals surface area (Å²) in [6.45, 7) is 0. The number of benzene rings is 2. The molecule has 6 nitrogen and oxygen atoms in total. The average molecular weight is 361 g/mol. The van der Waals surface area contributed by atoms with Crippen molar-refractivity contribution >= 4 is 17.7 Å². The average Bonchev–Trinajstić information content (AvgIpc) is 2.69. The summed E-state index contributed by atoms with van der Waals surface area (Å²) in [6.07, 6.45) is 2.29. The molecule has 2 aromatic carbocycles. The van der Waals surface area contributed by atoms with Gasteiger partial charge in [0.2, 0.25) is 5.91 Å². The molecule has 136 valence electrons. The van der Waals surface area contributed by atoms with Gasteiger partial charge in [-0.15, -0.1) is 0 Å². The van der Waals surface area contributed by atoms with Gasteiger partial charge in [0.25, 0.3) is 0 Å². The van der Waals surface area contributed by atoms with Crippen molar-refractivity contribution in [2.75, 3.05) is 5.32 Å². The molecule has 0 aliphatic carbocycles. The largest absolute Gasteiger partial charge is 0.465 e. The molecular formula is C21H19N3O3. The molecule has 1 atom stereocenters. The Balaban J connectivity index is 1.66. The third kappa shape index (κ3) is 5.15. The lowest BCUT2D eigenvalue weighted by molar-refractivity contribution is -0.116. The van der Waals surface area contributed by atoms with Crippen LogP contribution >= 0.6 is 0 Å². The Hall–Kier alpha value is -3.67. The predicted octanol–water partition coefficient (Wildman–Crippen LogP) is 4.09. The van der Waals surface area contributed by atoms with Crippen molar-refractivity contribution in [3.63, 3.8) is 0 Å². The zero-order valence-electron chi connectivity index (χ0n) is 14.5. The van der Waals surface area contributed by atoms with Gasteiger partial charge in [0.05, 0.1) is 12.5 Å². The van der Waals surface area contributed by atoms with Crippen LogP contribution in [0, 0.1) is 0 Å². The number of rotatable bonds is 6. The Morgan fingerprint density at radius 3 is 2.15 bits per heavy atom. The van der Waals surface area contributed by atoms with E-state index in [9.17, 15) is 9.59 Å². The molecule has 1 aromatic heterocycles. The molecule has 0 aliphatic heterocycles. The lowest BCUT2D eigenvalue weighted by Crippen LogP contribution is -2.30. The van der Waals surface area contributed by atoms with E-state index in [1.807, 2.05) is 54.6 Å². The van der Waals surface area contributed by atoms with Gasteiger partial charge >= 0.3 is 6.09 Å². The summed E-state index contributed by atoms with van der Waals surface area (Å²) in [5, 5.41) is 14.2. The van der Waals surface area contributed by atoms with E-state index >= 15 is 0 Å². The molecule has 0 aliphatic rings. The van der Waals surface area contributed by atoms with Crippen LogP contribution in [0.15, 0.2) is 79.1 Å². The van der Waals surface area contributed by atoms with Crippen LogP contribution in [0.1, 0.15) is 18.0 Å². The van der Waals surface area contributed by atoms with E-state index in [1.54, 1.807) is 24.5 Å². The zero-order chi connectivity index (χ0) is 19.1. The van der Waals surface area contributed by atoms with Crippen LogP contribution in [0.2, 0.25) is 0 Å². The van der Waals surface area contributed by atoms with Crippen molar-refractivity contribution < 1.29 is 14.7 Å². The number of carbonyl (C=O) groups excluding carboxylic acids is 1. The number of nitrogens with zero attached hydrogens (tertiary/aromatic N) is 1. The topological polar surface area (TPSA) is 91.3 Å². The molecule has 0 unspecified atom stereocenters. The molecule has 0 saturated carbocycles. The third-order valence-electron chi connectivity index (χ3n) is 4.07. The Morgan fingerprint density at radius 2 is 1.52 bits per heavy atom. The Morgan fingerprint density at radius 1 is 0.889 bits per heavy atom. The standard InChI is InChI=1S/C21H19N3O3/c25-20(14-19(24-21(26)27)17-4-2-1-3-5-17)23-18-8-6-15(7-9-18)16-10-12-22-13-11-16/h1-13,19,24H,14H2,(H,23,25)(H,26,27)/t19-/m0/s1. The number of hydrogen-bond acceptors (Lipinski definition) is 3. The molecular weight excluding hydrogens is 342 g/mol. The van der Waals surface area contributed by atoms with Crippen molar-refractivity contribution in [2.24, 2.45) is 0 Å². The number of pyridine rings is 1. The summed E-state index contributed by atoms with van der Waals surface area (Å²) in [5.74, 6) is -0.269. The summed E-state index contributed by atoms with van der Waals surface area (Å²) in [6, 6.07) is 19.7. The van der Waals surface area contributed by atoms with Crippen LogP contribution < -0.4 is 10.6 Å². The minimum Gasteiger partial charge on any atom is -0.465 e. The van der Waals surface area contributed by atoms with Crippen molar-refractivity contribution in [3.8, 4) is 11.1 Å². The zero-order valence-corrected chi connectivity index (χ0v) is 14.5. The number of nitrogens with one attached hydrogen (secondary N) is 2. The van der Waals surface area contributed by atoms with Gasteiger partial charge in [-0.2, -0.15) is 0 Å². The maximum Gasteiger partial charge on any atom is 0.405 e. The lowest BCUT2D eigenvalue weighted by atomic mass is 10.0. The van der Waals surface area contributed by atoms with E-state index in [1.165, 1.54) is 0 Å². The first-order chi connectivity index (χ1) is 13.1. The van der Waals surface area contributed by atoms with Gasteiger partial charge in [0.1, 0.15) is 0 Å². The monoisotopic (exact) mass is 361 g/mol. The molecule has 0 saturated heterocycles. The highest BCUT2D eigenvalue weighted by Gasteiger charge is 2.18. The van der Waals surface area contributed by atoms with E-state index in [2.05, 4.69) is 15.6 Å². The number of carbonyl (C=O) groups is 2. The number of hydrogen-bond donors (Lipinski definition) is 3. The van der Waals surface area contributed by atoms with Crippen LogP contribution in [0.3, 0.4) is 0 Å². The third-order valence-corrected chi connectivity index (χ3v) is 4.07. The number of anilines is 1. The molecule has 3 rings (SSSR count). The van der Waals surface area contributed by atoms with Crippen molar-refractivity contribution in [1.82, 2.24) is 10.3 Å². The molecule has 0 radical (unpaired) electrons. The summed E-state index contributed by atoms with van der Waals surface area (Å²) in [5.41, 5.74) is 3.45. The Kier molecular flexibility index (Phi) is 5.79. The minimum atomic E-state index is -1.17. The molecule has 0 spiro atoms. The summed E-state index contributed by atoms with van der Waals surface area (Å²) in [4.78, 5) is 27.4. The van der Waals surface area contributed by atoms with Crippen LogP contribution in [0.5, 0.6) is 0 Å². The second-order valence-corrected chi connectivity index (χ2v) is 5.98. The SMILES string of the molecule is O=C(O)N[C@@H](CC(=O)Nc1ccc(-c2ccncc2)cc1)c1ccccc1. The van der Waals surface area contributed by atoms with Gasteiger partial charge in [-0.3, -0.25) is 9.78 Å². The highest BCUT2D eigenvalue weighted by molar-refractivity contribution is 5.91. The van der Waals surface area contributed by atoms with Crippen LogP contribution in [0.25, 0.3) is 11.1 Å². The molecule has 3 N–H and O–H groups in total. The van der Waals surface area contributed by atoms with Crippen LogP contribution in [-0.4, -0.2) is 22.1 Å². The highest BCUT2D eigenvalue weighted by atomic mass is 16.4. The molecule has 1 heterocycles. The first kappa shape index (κ1) is 18.1. The summed E-state index contributed by atoms with van der Waals surface area (Å²) in [7, 11) is 0. The number of amides is 2. The van der Waals surface area contributed by atoms with Gasteiger partial charge in [-0.1, -0.05) is 42.5 Å². The van der Waals surface area contributed by atoms with Crippen molar-refractivity contribution in [3.05, 3.63) is 84.7 Å². The van der Waals surface area contributed by atoms with Gasteiger partial charge in [0.15, 0.2) is 0 Å². The lowest BCUT2D eigenvalue weighted by Gasteiger charge is -2.17. The normalized spacial score (nSPS) is 11.4. The molecule has 6 heteroatoms. The van der Waals surface area contributed by atoms with E-state index < -0.39 is 12.1 Å². The van der Waals surface area contributed by atoms with Crippen LogP contribution in [-0.2, 0) is 4.79 Å². The Labute approximate surface area is 156 Å². The maximum atomic E-state index is 12.4.